The van der Waals surface area contributed by atoms with E-state index in [-0.39, 0.29) is 0 Å². The van der Waals surface area contributed by atoms with Crippen LogP contribution >= 0.6 is 0 Å². The van der Waals surface area contributed by atoms with E-state index in [2.05, 4.69) is 83.9 Å². The van der Waals surface area contributed by atoms with Crippen LogP contribution in [0.3, 0.4) is 0 Å². The first-order valence-corrected chi connectivity index (χ1v) is 11.8. The van der Waals surface area contributed by atoms with E-state index in [1.807, 2.05) is 48.5 Å². The average Bonchev–Trinajstić information content (AvgIpc) is 3.51. The largest absolute Gasteiger partial charge is 0.459 e. The van der Waals surface area contributed by atoms with Crippen molar-refractivity contribution in [3.05, 3.63) is 150 Å². The van der Waals surface area contributed by atoms with Crippen LogP contribution in [0.1, 0.15) is 22.6 Å². The molecule has 0 atom stereocenters. The normalized spacial score (nSPS) is 11.1. The van der Waals surface area contributed by atoms with Gasteiger partial charge in [-0.3, -0.25) is 0 Å². The molecule has 170 valence electrons. The predicted octanol–water partition coefficient (Wildman–Crippen LogP) is 8.27. The summed E-state index contributed by atoms with van der Waals surface area (Å²) in [7, 11) is 0. The lowest BCUT2D eigenvalue weighted by Gasteiger charge is -2.21. The second-order valence-electron chi connectivity index (χ2n) is 8.68. The van der Waals surface area contributed by atoms with Crippen LogP contribution in [-0.2, 0) is 13.1 Å². The number of fused-ring (bicyclic) bond motifs is 2. The monoisotopic (exact) mass is 455 g/mol. The molecule has 0 saturated heterocycles. The van der Waals surface area contributed by atoms with Crippen molar-refractivity contribution in [3.8, 4) is 0 Å². The molecule has 0 aliphatic heterocycles. The van der Waals surface area contributed by atoms with Gasteiger partial charge >= 0.3 is 0 Å². The van der Waals surface area contributed by atoms with E-state index in [1.54, 1.807) is 0 Å². The Labute approximate surface area is 204 Å². The van der Waals surface area contributed by atoms with Crippen LogP contribution in [0, 0.1) is 0 Å². The fourth-order valence-corrected chi connectivity index (χ4v) is 4.51. The number of para-hydroxylation sites is 2. The maximum absolute atomic E-state index is 6.19. The lowest BCUT2D eigenvalue weighted by Crippen LogP contribution is -2.16. The van der Waals surface area contributed by atoms with Gasteiger partial charge in [0.2, 0.25) is 0 Å². The van der Waals surface area contributed by atoms with Gasteiger partial charge in [0, 0.05) is 22.5 Å². The molecule has 4 aromatic carbocycles. The summed E-state index contributed by atoms with van der Waals surface area (Å²) >= 11 is 0. The Morgan fingerprint density at radius 3 is 1.43 bits per heavy atom. The zero-order valence-electron chi connectivity index (χ0n) is 19.3. The van der Waals surface area contributed by atoms with Gasteiger partial charge in [0.25, 0.3) is 0 Å². The molecule has 0 saturated carbocycles. The van der Waals surface area contributed by atoms with Gasteiger partial charge < -0.3 is 13.7 Å². The van der Waals surface area contributed by atoms with Gasteiger partial charge in [-0.15, -0.1) is 0 Å². The molecule has 0 fully saturated rings. The fourth-order valence-electron chi connectivity index (χ4n) is 4.51. The van der Waals surface area contributed by atoms with Gasteiger partial charge in [-0.1, -0.05) is 97.1 Å². The number of rotatable bonds is 7. The summed E-state index contributed by atoms with van der Waals surface area (Å²) in [6.07, 6.45) is 2.23. The summed E-state index contributed by atoms with van der Waals surface area (Å²) in [6, 6.07) is 41.5. The average molecular weight is 456 g/mol. The van der Waals surface area contributed by atoms with E-state index in [9.17, 15) is 0 Å². The van der Waals surface area contributed by atoms with Gasteiger partial charge in [0.15, 0.2) is 0 Å². The van der Waals surface area contributed by atoms with Crippen molar-refractivity contribution in [1.82, 2.24) is 4.90 Å². The highest BCUT2D eigenvalue weighted by molar-refractivity contribution is 5.80. The number of hydrogen-bond donors (Lipinski definition) is 0. The summed E-state index contributed by atoms with van der Waals surface area (Å²) in [5.41, 5.74) is 5.29. The molecule has 6 rings (SSSR count). The summed E-state index contributed by atoms with van der Waals surface area (Å²) in [5.74, 6) is 1.83. The molecule has 0 N–H and O–H groups in total. The molecule has 0 amide bonds. The van der Waals surface area contributed by atoms with Crippen molar-refractivity contribution in [2.24, 2.45) is 0 Å². The molecule has 0 radical (unpaired) electrons. The first-order valence-electron chi connectivity index (χ1n) is 11.8. The van der Waals surface area contributed by atoms with Crippen molar-refractivity contribution in [2.45, 2.75) is 13.1 Å². The maximum Gasteiger partial charge on any atom is 0.134 e. The quantitative estimate of drug-likeness (QED) is 0.243. The first-order chi connectivity index (χ1) is 17.3. The van der Waals surface area contributed by atoms with Gasteiger partial charge in [0.05, 0.1) is 13.1 Å². The van der Waals surface area contributed by atoms with Crippen LogP contribution in [0.5, 0.6) is 0 Å². The van der Waals surface area contributed by atoms with Gasteiger partial charge in [-0.25, -0.2) is 0 Å². The molecular weight excluding hydrogens is 430 g/mol. The van der Waals surface area contributed by atoms with Gasteiger partial charge in [-0.05, 0) is 35.4 Å². The third-order valence-electron chi connectivity index (χ3n) is 6.15. The van der Waals surface area contributed by atoms with E-state index in [4.69, 9.17) is 8.83 Å². The van der Waals surface area contributed by atoms with Crippen molar-refractivity contribution >= 4 is 27.5 Å². The molecule has 6 aromatic rings. The van der Waals surface area contributed by atoms with E-state index in [0.29, 0.717) is 13.1 Å². The van der Waals surface area contributed by atoms with E-state index >= 15 is 0 Å². The Kier molecular flexibility index (Phi) is 5.65. The number of benzene rings is 4. The van der Waals surface area contributed by atoms with E-state index in [0.717, 1.165) is 50.2 Å². The molecule has 2 aromatic heterocycles. The summed E-state index contributed by atoms with van der Waals surface area (Å²) in [5, 5.41) is 2.23. The van der Waals surface area contributed by atoms with Crippen LogP contribution in [0.25, 0.3) is 27.5 Å². The Morgan fingerprint density at radius 2 is 0.971 bits per heavy atom. The zero-order chi connectivity index (χ0) is 23.5. The summed E-state index contributed by atoms with van der Waals surface area (Å²) in [4.78, 5) is 2.27. The predicted molar refractivity (Wildman–Crippen MR) is 142 cm³/mol. The number of hydrogen-bond acceptors (Lipinski definition) is 3. The van der Waals surface area contributed by atoms with Crippen LogP contribution in [0.15, 0.2) is 136 Å². The van der Waals surface area contributed by atoms with Gasteiger partial charge in [0.1, 0.15) is 22.7 Å². The topological polar surface area (TPSA) is 29.5 Å². The fraction of sp³-hybridized carbons (Fsp3) is 0.0625. The first kappa shape index (κ1) is 21.1. The summed E-state index contributed by atoms with van der Waals surface area (Å²) < 4.78 is 12.4. The second-order valence-corrected chi connectivity index (χ2v) is 8.68. The Hall–Kier alpha value is -4.50. The highest BCUT2D eigenvalue weighted by atomic mass is 16.3. The minimum Gasteiger partial charge on any atom is -0.459 e. The smallest absolute Gasteiger partial charge is 0.134 e. The van der Waals surface area contributed by atoms with Gasteiger partial charge in [-0.2, -0.15) is 0 Å². The van der Waals surface area contributed by atoms with E-state index in [1.165, 1.54) is 0 Å². The van der Waals surface area contributed by atoms with Crippen molar-refractivity contribution in [1.29, 1.82) is 0 Å². The lowest BCUT2D eigenvalue weighted by atomic mass is 9.99. The lowest BCUT2D eigenvalue weighted by molar-refractivity contribution is 0.304. The third-order valence-corrected chi connectivity index (χ3v) is 6.15. The molecular formula is C32H25NO2. The minimum absolute atomic E-state index is 0.620. The molecule has 3 nitrogen and oxygen atoms in total. The SMILES string of the molecule is C(=C(c1ccccc1)c1ccccc1)N(Cc1cc2ccccc2o1)Cc1cc2ccccc2o1. The Balaban J connectivity index is 1.42. The standard InChI is InChI=1S/C32H25NO2/c1-3-11-24(12-4-1)30(25-13-5-2-6-14-25)23-33(21-28-19-26-15-7-9-17-31(26)34-28)22-29-20-27-16-8-10-18-32(27)35-29/h1-20,23H,21-22H2. The number of furan rings is 2. The Bertz CT molecular complexity index is 1410. The summed E-state index contributed by atoms with van der Waals surface area (Å²) in [6.45, 7) is 1.24. The third kappa shape index (κ3) is 4.62. The van der Waals surface area contributed by atoms with Crippen molar-refractivity contribution in [3.63, 3.8) is 0 Å². The molecule has 0 bridgehead atoms. The molecule has 35 heavy (non-hydrogen) atoms. The molecule has 0 aliphatic carbocycles. The zero-order valence-corrected chi connectivity index (χ0v) is 19.3. The van der Waals surface area contributed by atoms with Crippen LogP contribution in [-0.4, -0.2) is 4.90 Å². The minimum atomic E-state index is 0.620. The van der Waals surface area contributed by atoms with Crippen molar-refractivity contribution < 1.29 is 8.83 Å². The van der Waals surface area contributed by atoms with Crippen LogP contribution in [0.2, 0.25) is 0 Å². The van der Waals surface area contributed by atoms with Crippen LogP contribution < -0.4 is 0 Å². The molecule has 3 heteroatoms. The molecule has 0 spiro atoms. The maximum atomic E-state index is 6.19. The Morgan fingerprint density at radius 1 is 0.543 bits per heavy atom. The van der Waals surface area contributed by atoms with Crippen molar-refractivity contribution in [2.75, 3.05) is 0 Å². The number of nitrogens with zero attached hydrogens (tertiary/aromatic N) is 1. The highest BCUT2D eigenvalue weighted by Gasteiger charge is 2.14. The molecule has 2 heterocycles. The van der Waals surface area contributed by atoms with E-state index < -0.39 is 0 Å². The molecule has 0 unspecified atom stereocenters. The highest BCUT2D eigenvalue weighted by Crippen LogP contribution is 2.28. The van der Waals surface area contributed by atoms with Crippen LogP contribution in [0.4, 0.5) is 0 Å². The molecule has 0 aliphatic rings. The second kappa shape index (κ2) is 9.40.